The molecule has 1 aromatic rings. The van der Waals surface area contributed by atoms with E-state index < -0.39 is 17.9 Å². The van der Waals surface area contributed by atoms with Crippen molar-refractivity contribution in [2.75, 3.05) is 75.0 Å². The van der Waals surface area contributed by atoms with Gasteiger partial charge in [-0.25, -0.2) is 0 Å². The molecule has 0 aromatic carbocycles. The monoisotopic (exact) mass is 615 g/mol. The second kappa shape index (κ2) is 27.5. The Morgan fingerprint density at radius 1 is 0.512 bits per heavy atom. The molecule has 43 heavy (non-hydrogen) atoms. The van der Waals surface area contributed by atoms with Crippen molar-refractivity contribution in [1.29, 1.82) is 0 Å². The van der Waals surface area contributed by atoms with Crippen LogP contribution in [0.5, 0.6) is 0 Å². The van der Waals surface area contributed by atoms with Gasteiger partial charge in [-0.05, 0) is 57.8 Å². The number of hydrogen-bond acceptors (Lipinski definition) is 15. The topological polar surface area (TPSA) is 260 Å². The van der Waals surface area contributed by atoms with Gasteiger partial charge in [-0.1, -0.05) is 19.3 Å². The van der Waals surface area contributed by atoms with Crippen molar-refractivity contribution >= 4 is 35.8 Å². The molecule has 0 saturated heterocycles. The molecule has 0 saturated carbocycles. The second-order valence-electron chi connectivity index (χ2n) is 9.81. The molecule has 0 aliphatic heterocycles. The van der Waals surface area contributed by atoms with Crippen molar-refractivity contribution in [3.8, 4) is 0 Å². The zero-order valence-electron chi connectivity index (χ0n) is 25.0. The summed E-state index contributed by atoms with van der Waals surface area (Å²) in [5.41, 5.74) is 0. The molecule has 0 aliphatic carbocycles. The van der Waals surface area contributed by atoms with Crippen LogP contribution in [-0.4, -0.2) is 107 Å². The van der Waals surface area contributed by atoms with Crippen LogP contribution in [0.2, 0.25) is 0 Å². The van der Waals surface area contributed by atoms with E-state index in [0.717, 1.165) is 43.4 Å². The minimum absolute atomic E-state index is 0.0415. The standard InChI is InChI=1S/C21H36N6O6.C6H15NO3/c28-16(29)10-4-1-7-13-22-19-25-20(23-14-8-2-5-11-17(30)31)27-21(26-19)24-15-9-3-6-12-18(32)33;8-4-1-7(2-5-9)3-6-10/h1-15H2,(H,28,29)(H,30,31)(H,32,33)(H3,22,23,24,25,26,27);8-10H,1-6H2/p-2. The van der Waals surface area contributed by atoms with Gasteiger partial charge >= 0.3 is 0 Å². The van der Waals surface area contributed by atoms with Gasteiger partial charge in [0.1, 0.15) is 19.6 Å². The van der Waals surface area contributed by atoms with Gasteiger partial charge < -0.3 is 65.9 Å². The number of aliphatic hydroxyl groups excluding tert-OH is 3. The maximum atomic E-state index is 10.5. The van der Waals surface area contributed by atoms with Gasteiger partial charge in [0.2, 0.25) is 17.8 Å². The molecule has 0 radical (unpaired) electrons. The molecule has 1 aromatic heterocycles. The number of nitrogens with one attached hydrogen (secondary N) is 4. The molecule has 7 N–H and O–H groups in total. The van der Waals surface area contributed by atoms with Crippen molar-refractivity contribution in [3.05, 3.63) is 0 Å². The SMILES string of the molecule is O=C([O-])CCCCCNc1nc(NCCCCCC(=O)[O-])nc(NCCCCCC(=O)[O-])n1.OCC[NH+](CCO)CCO. The number of aliphatic carboxylic acids is 3. The normalized spacial score (nSPS) is 10.6. The first kappa shape index (κ1) is 39.7. The Labute approximate surface area is 253 Å². The van der Waals surface area contributed by atoms with E-state index in [9.17, 15) is 29.7 Å². The minimum atomic E-state index is -1.05. The number of carboxylic acids is 3. The van der Waals surface area contributed by atoms with Gasteiger partial charge in [0, 0.05) is 37.5 Å². The quantitative estimate of drug-likeness (QED) is 0.0464. The van der Waals surface area contributed by atoms with E-state index in [0.29, 0.717) is 76.4 Å². The summed E-state index contributed by atoms with van der Waals surface area (Å²) < 4.78 is 0. The third kappa shape index (κ3) is 26.1. The van der Waals surface area contributed by atoms with Gasteiger partial charge in [0.05, 0.1) is 19.8 Å². The highest BCUT2D eigenvalue weighted by molar-refractivity contribution is 5.64. The Hall–Kier alpha value is -3.34. The average molecular weight is 616 g/mol. The molecule has 0 spiro atoms. The molecule has 0 aliphatic rings. The fourth-order valence-electron chi connectivity index (χ4n) is 3.78. The van der Waals surface area contributed by atoms with E-state index in [1.165, 1.54) is 0 Å². The van der Waals surface area contributed by atoms with Crippen LogP contribution in [0.1, 0.15) is 77.0 Å². The zero-order chi connectivity index (χ0) is 32.1. The number of aromatic nitrogens is 3. The predicted octanol–water partition coefficient (Wildman–Crippen LogP) is -4.11. The third-order valence-corrected chi connectivity index (χ3v) is 6.05. The predicted molar refractivity (Wildman–Crippen MR) is 153 cm³/mol. The highest BCUT2D eigenvalue weighted by Gasteiger charge is 2.07. The highest BCUT2D eigenvalue weighted by Crippen LogP contribution is 2.11. The summed E-state index contributed by atoms with van der Waals surface area (Å²) in [7, 11) is 0. The maximum absolute atomic E-state index is 10.5. The van der Waals surface area contributed by atoms with Crippen molar-refractivity contribution in [3.63, 3.8) is 0 Å². The number of anilines is 3. The molecule has 16 heteroatoms. The lowest BCUT2D eigenvalue weighted by Crippen LogP contribution is -3.13. The smallest absolute Gasteiger partial charge is 0.229 e. The lowest BCUT2D eigenvalue weighted by molar-refractivity contribution is -0.901. The lowest BCUT2D eigenvalue weighted by Gasteiger charge is -2.15. The first-order valence-electron chi connectivity index (χ1n) is 14.9. The van der Waals surface area contributed by atoms with Crippen molar-refractivity contribution in [2.45, 2.75) is 77.0 Å². The second-order valence-corrected chi connectivity index (χ2v) is 9.81. The summed E-state index contributed by atoms with van der Waals surface area (Å²) in [4.78, 5) is 45.4. The van der Waals surface area contributed by atoms with Gasteiger partial charge in [-0.15, -0.1) is 0 Å². The summed E-state index contributed by atoms with van der Waals surface area (Å²) in [6, 6.07) is 0. The summed E-state index contributed by atoms with van der Waals surface area (Å²) in [5.74, 6) is -2.01. The molecule has 0 bridgehead atoms. The van der Waals surface area contributed by atoms with Crippen molar-refractivity contribution in [2.24, 2.45) is 0 Å². The Kier molecular flexibility index (Phi) is 25.4. The summed E-state index contributed by atoms with van der Waals surface area (Å²) >= 11 is 0. The van der Waals surface area contributed by atoms with E-state index in [4.69, 9.17) is 15.3 Å². The van der Waals surface area contributed by atoms with Crippen LogP contribution < -0.4 is 36.2 Å². The fraction of sp³-hybridized carbons (Fsp3) is 0.778. The van der Waals surface area contributed by atoms with E-state index in [-0.39, 0.29) is 39.1 Å². The molecular formula is C27H49N7O9-2. The number of nitrogens with zero attached hydrogens (tertiary/aromatic N) is 3. The maximum Gasteiger partial charge on any atom is 0.229 e. The van der Waals surface area contributed by atoms with Crippen molar-refractivity contribution in [1.82, 2.24) is 15.0 Å². The third-order valence-electron chi connectivity index (χ3n) is 6.05. The van der Waals surface area contributed by atoms with Gasteiger partial charge in [0.25, 0.3) is 0 Å². The van der Waals surface area contributed by atoms with Crippen LogP contribution in [-0.2, 0) is 14.4 Å². The Morgan fingerprint density at radius 2 is 0.791 bits per heavy atom. The van der Waals surface area contributed by atoms with Crippen LogP contribution in [0.4, 0.5) is 17.8 Å². The number of carbonyl (C=O) groups is 3. The van der Waals surface area contributed by atoms with Gasteiger partial charge in [-0.2, -0.15) is 15.0 Å². The van der Waals surface area contributed by atoms with Gasteiger partial charge in [-0.3, -0.25) is 0 Å². The van der Waals surface area contributed by atoms with Gasteiger partial charge in [0.15, 0.2) is 0 Å². The van der Waals surface area contributed by atoms with Crippen LogP contribution in [0.15, 0.2) is 0 Å². The molecule has 1 heterocycles. The number of quaternary nitrogens is 1. The Morgan fingerprint density at radius 3 is 1.02 bits per heavy atom. The van der Waals surface area contributed by atoms with Crippen molar-refractivity contribution < 1.29 is 49.9 Å². The molecule has 16 nitrogen and oxygen atoms in total. The number of hydrogen-bond donors (Lipinski definition) is 7. The van der Waals surface area contributed by atoms with E-state index in [1.54, 1.807) is 0 Å². The number of carbonyl (C=O) groups excluding carboxylic acids is 3. The molecule has 1 rings (SSSR count). The van der Waals surface area contributed by atoms with E-state index in [1.807, 2.05) is 0 Å². The number of aliphatic hydroxyl groups is 3. The molecule has 0 amide bonds. The number of unbranched alkanes of at least 4 members (excludes halogenated alkanes) is 6. The molecule has 0 fully saturated rings. The minimum Gasteiger partial charge on any atom is -0.550 e. The zero-order valence-corrected chi connectivity index (χ0v) is 25.0. The van der Waals surface area contributed by atoms with Crippen LogP contribution in [0, 0.1) is 0 Å². The summed E-state index contributed by atoms with van der Waals surface area (Å²) in [6.45, 7) is 3.83. The van der Waals surface area contributed by atoms with Crippen LogP contribution in [0.25, 0.3) is 0 Å². The average Bonchev–Trinajstić information content (AvgIpc) is 2.95. The molecule has 248 valence electrons. The first-order chi connectivity index (χ1) is 20.7. The van der Waals surface area contributed by atoms with Crippen LogP contribution in [0.3, 0.4) is 0 Å². The fourth-order valence-corrected chi connectivity index (χ4v) is 3.78. The van der Waals surface area contributed by atoms with E-state index >= 15 is 0 Å². The Bertz CT molecular complexity index is 759. The number of carboxylic acid groups (broad SMARTS) is 3. The lowest BCUT2D eigenvalue weighted by atomic mass is 10.2. The highest BCUT2D eigenvalue weighted by atomic mass is 16.4. The summed E-state index contributed by atoms with van der Waals surface area (Å²) in [5, 5.41) is 66.2. The van der Waals surface area contributed by atoms with E-state index in [2.05, 4.69) is 30.9 Å². The Balaban J connectivity index is 0.00000150. The molecular weight excluding hydrogens is 566 g/mol. The van der Waals surface area contributed by atoms with Crippen LogP contribution >= 0.6 is 0 Å². The first-order valence-corrected chi connectivity index (χ1v) is 14.9. The number of rotatable bonds is 27. The largest absolute Gasteiger partial charge is 0.550 e. The summed E-state index contributed by atoms with van der Waals surface area (Å²) in [6.07, 6.45) is 6.24. The molecule has 0 atom stereocenters. The molecule has 0 unspecified atom stereocenters.